The Morgan fingerprint density at radius 2 is 1.48 bits per heavy atom. The van der Waals surface area contributed by atoms with E-state index >= 15 is 0 Å². The molecule has 0 radical (unpaired) electrons. The number of hydrogen-bond acceptors (Lipinski definition) is 8. The first kappa shape index (κ1) is 24.6. The van der Waals surface area contributed by atoms with E-state index in [2.05, 4.69) is 28.6 Å². The number of thiol groups is 1. The third kappa shape index (κ3) is 9.21. The fraction of sp³-hybridized carbons (Fsp3) is 0.643. The number of carbonyl (C=O) groups excluding carboxylic acids is 3. The average Bonchev–Trinajstić information content (AvgIpc) is 2.61. The second kappa shape index (κ2) is 12.1. The zero-order valence-electron chi connectivity index (χ0n) is 14.5. The van der Waals surface area contributed by atoms with E-state index in [0.29, 0.717) is 0 Å². The standard InChI is InChI=1S/C14H24N4O8S/c1-6(14(25)26)16-12(23)8(2-3-10(20)21)17-13(24)9(5-27)18-11(22)7(15)4-19/h6-9,19,27H,2-5,15H2,1H3,(H,16,23)(H,17,24)(H,18,22)(H,20,21)(H,25,26). The highest BCUT2D eigenvalue weighted by molar-refractivity contribution is 7.80. The molecule has 4 unspecified atom stereocenters. The highest BCUT2D eigenvalue weighted by atomic mass is 32.1. The van der Waals surface area contributed by atoms with Gasteiger partial charge in [-0.15, -0.1) is 0 Å². The third-order valence-corrected chi connectivity index (χ3v) is 3.72. The zero-order chi connectivity index (χ0) is 21.1. The van der Waals surface area contributed by atoms with Crippen LogP contribution in [-0.2, 0) is 24.0 Å². The van der Waals surface area contributed by atoms with Gasteiger partial charge in [0.1, 0.15) is 24.2 Å². The molecule has 12 nitrogen and oxygen atoms in total. The summed E-state index contributed by atoms with van der Waals surface area (Å²) in [5, 5.41) is 33.0. The highest BCUT2D eigenvalue weighted by Gasteiger charge is 2.29. The number of aliphatic carboxylic acids is 2. The summed E-state index contributed by atoms with van der Waals surface area (Å²) < 4.78 is 0. The van der Waals surface area contributed by atoms with E-state index in [9.17, 15) is 24.0 Å². The minimum atomic E-state index is -1.35. The molecular formula is C14H24N4O8S. The molecule has 0 fully saturated rings. The highest BCUT2D eigenvalue weighted by Crippen LogP contribution is 2.01. The van der Waals surface area contributed by atoms with Gasteiger partial charge < -0.3 is 37.0 Å². The summed E-state index contributed by atoms with van der Waals surface area (Å²) in [7, 11) is 0. The van der Waals surface area contributed by atoms with Crippen LogP contribution in [-0.4, -0.2) is 81.5 Å². The molecule has 0 aliphatic heterocycles. The topological polar surface area (TPSA) is 208 Å². The van der Waals surface area contributed by atoms with Gasteiger partial charge >= 0.3 is 11.9 Å². The lowest BCUT2D eigenvalue weighted by Crippen LogP contribution is -2.57. The Balaban J connectivity index is 5.12. The number of rotatable bonds is 12. The Morgan fingerprint density at radius 3 is 1.93 bits per heavy atom. The van der Waals surface area contributed by atoms with Crippen LogP contribution in [0.25, 0.3) is 0 Å². The molecule has 0 aromatic carbocycles. The Bertz CT molecular complexity index is 573. The van der Waals surface area contributed by atoms with Crippen LogP contribution in [0.2, 0.25) is 0 Å². The van der Waals surface area contributed by atoms with E-state index in [1.54, 1.807) is 0 Å². The van der Waals surface area contributed by atoms with E-state index in [0.717, 1.165) is 0 Å². The average molecular weight is 408 g/mol. The number of aliphatic hydroxyl groups is 1. The van der Waals surface area contributed by atoms with Crippen molar-refractivity contribution < 1.29 is 39.3 Å². The van der Waals surface area contributed by atoms with E-state index in [1.807, 2.05) is 0 Å². The molecule has 27 heavy (non-hydrogen) atoms. The number of hydrogen-bond donors (Lipinski definition) is 8. The van der Waals surface area contributed by atoms with E-state index < -0.39 is 66.9 Å². The summed E-state index contributed by atoms with van der Waals surface area (Å²) >= 11 is 3.92. The quantitative estimate of drug-likeness (QED) is 0.152. The van der Waals surface area contributed by atoms with Crippen LogP contribution in [0.1, 0.15) is 19.8 Å². The third-order valence-electron chi connectivity index (χ3n) is 3.36. The molecule has 3 amide bonds. The van der Waals surface area contributed by atoms with Gasteiger partial charge in [0, 0.05) is 12.2 Å². The summed E-state index contributed by atoms with van der Waals surface area (Å²) in [6.45, 7) is 0.548. The van der Waals surface area contributed by atoms with Crippen LogP contribution in [0.3, 0.4) is 0 Å². The Labute approximate surface area is 160 Å². The van der Waals surface area contributed by atoms with Crippen molar-refractivity contribution in [3.05, 3.63) is 0 Å². The van der Waals surface area contributed by atoms with Gasteiger partial charge in [0.2, 0.25) is 17.7 Å². The van der Waals surface area contributed by atoms with Gasteiger partial charge in [0.25, 0.3) is 0 Å². The molecule has 0 aromatic heterocycles. The van der Waals surface area contributed by atoms with Crippen molar-refractivity contribution in [1.82, 2.24) is 16.0 Å². The van der Waals surface area contributed by atoms with Gasteiger partial charge in [-0.1, -0.05) is 0 Å². The monoisotopic (exact) mass is 408 g/mol. The molecule has 0 aliphatic carbocycles. The Morgan fingerprint density at radius 1 is 0.963 bits per heavy atom. The summed E-state index contributed by atoms with van der Waals surface area (Å²) in [6, 6.07) is -5.08. The second-order valence-corrected chi connectivity index (χ2v) is 5.96. The van der Waals surface area contributed by atoms with Crippen LogP contribution in [0.5, 0.6) is 0 Å². The summed E-state index contributed by atoms with van der Waals surface area (Å²) in [4.78, 5) is 57.7. The fourth-order valence-corrected chi connectivity index (χ4v) is 2.00. The van der Waals surface area contributed by atoms with Gasteiger partial charge in [-0.2, -0.15) is 12.6 Å². The van der Waals surface area contributed by atoms with Crippen molar-refractivity contribution in [2.24, 2.45) is 5.73 Å². The number of amides is 3. The Hall–Kier alpha value is -2.38. The molecule has 13 heteroatoms. The summed E-state index contributed by atoms with van der Waals surface area (Å²) in [5.41, 5.74) is 5.33. The molecule has 8 N–H and O–H groups in total. The van der Waals surface area contributed by atoms with Crippen LogP contribution in [0.4, 0.5) is 0 Å². The van der Waals surface area contributed by atoms with Crippen LogP contribution >= 0.6 is 12.6 Å². The van der Waals surface area contributed by atoms with Gasteiger partial charge in [0.05, 0.1) is 6.61 Å². The van der Waals surface area contributed by atoms with E-state index in [1.165, 1.54) is 6.92 Å². The lowest BCUT2D eigenvalue weighted by Gasteiger charge is -2.23. The smallest absolute Gasteiger partial charge is 0.325 e. The molecule has 0 spiro atoms. The maximum Gasteiger partial charge on any atom is 0.325 e. The number of carboxylic acids is 2. The molecule has 0 aromatic rings. The van der Waals surface area contributed by atoms with Gasteiger partial charge in [-0.3, -0.25) is 24.0 Å². The van der Waals surface area contributed by atoms with Gasteiger partial charge in [-0.25, -0.2) is 0 Å². The predicted molar refractivity (Wildman–Crippen MR) is 94.9 cm³/mol. The number of aliphatic hydroxyl groups excluding tert-OH is 1. The van der Waals surface area contributed by atoms with Gasteiger partial charge in [-0.05, 0) is 13.3 Å². The normalized spacial score (nSPS) is 15.0. The van der Waals surface area contributed by atoms with Crippen molar-refractivity contribution in [1.29, 1.82) is 0 Å². The molecule has 154 valence electrons. The molecule has 0 saturated heterocycles. The van der Waals surface area contributed by atoms with Crippen LogP contribution in [0, 0.1) is 0 Å². The molecule has 0 bridgehead atoms. The number of carboxylic acid groups (broad SMARTS) is 2. The van der Waals surface area contributed by atoms with Crippen molar-refractivity contribution in [2.45, 2.75) is 43.9 Å². The van der Waals surface area contributed by atoms with Crippen molar-refractivity contribution in [3.63, 3.8) is 0 Å². The maximum absolute atomic E-state index is 12.3. The minimum Gasteiger partial charge on any atom is -0.481 e. The van der Waals surface area contributed by atoms with Crippen LogP contribution < -0.4 is 21.7 Å². The second-order valence-electron chi connectivity index (χ2n) is 5.59. The van der Waals surface area contributed by atoms with Crippen molar-refractivity contribution in [3.8, 4) is 0 Å². The maximum atomic E-state index is 12.3. The largest absolute Gasteiger partial charge is 0.481 e. The first-order valence-corrected chi connectivity index (χ1v) is 8.49. The first-order chi connectivity index (χ1) is 12.5. The zero-order valence-corrected chi connectivity index (χ0v) is 15.4. The predicted octanol–water partition coefficient (Wildman–Crippen LogP) is -3.34. The minimum absolute atomic E-state index is 0.172. The summed E-state index contributed by atoms with van der Waals surface area (Å²) in [5.74, 6) is -5.27. The fourth-order valence-electron chi connectivity index (χ4n) is 1.74. The molecule has 0 rings (SSSR count). The number of nitrogens with one attached hydrogen (secondary N) is 3. The lowest BCUT2D eigenvalue weighted by atomic mass is 10.1. The molecule has 0 saturated carbocycles. The van der Waals surface area contributed by atoms with Crippen LogP contribution in [0.15, 0.2) is 0 Å². The SMILES string of the molecule is CC(NC(=O)C(CCC(=O)O)NC(=O)C(CS)NC(=O)C(N)CO)C(=O)O. The number of carbonyl (C=O) groups is 5. The van der Waals surface area contributed by atoms with Crippen molar-refractivity contribution in [2.75, 3.05) is 12.4 Å². The molecule has 0 aliphatic rings. The number of nitrogens with two attached hydrogens (primary N) is 1. The van der Waals surface area contributed by atoms with E-state index in [-0.39, 0.29) is 12.2 Å². The molecule has 4 atom stereocenters. The molecular weight excluding hydrogens is 384 g/mol. The molecule has 0 heterocycles. The summed E-state index contributed by atoms with van der Waals surface area (Å²) in [6.07, 6.45) is -0.768. The van der Waals surface area contributed by atoms with E-state index in [4.69, 9.17) is 21.1 Å². The van der Waals surface area contributed by atoms with Gasteiger partial charge in [0.15, 0.2) is 0 Å². The van der Waals surface area contributed by atoms with Crippen molar-refractivity contribution >= 4 is 42.3 Å². The first-order valence-electron chi connectivity index (χ1n) is 7.86. The Kier molecular flexibility index (Phi) is 11.0. The lowest BCUT2D eigenvalue weighted by molar-refractivity contribution is -0.142.